The summed E-state index contributed by atoms with van der Waals surface area (Å²) >= 11 is 0. The van der Waals surface area contributed by atoms with Crippen LogP contribution >= 0.6 is 0 Å². The van der Waals surface area contributed by atoms with E-state index in [-0.39, 0.29) is 18.7 Å². The van der Waals surface area contributed by atoms with Crippen LogP contribution in [0.5, 0.6) is 0 Å². The lowest BCUT2D eigenvalue weighted by molar-refractivity contribution is -0.189. The van der Waals surface area contributed by atoms with Crippen molar-refractivity contribution in [2.45, 2.75) is 44.7 Å². The average molecular weight is 235 g/mol. The molecular weight excluding hydrogens is 219 g/mol. The minimum absolute atomic E-state index is 0.0284. The number of carbonyl (C=O) groups excluding carboxylic acids is 1. The van der Waals surface area contributed by atoms with E-state index in [9.17, 15) is 18.0 Å². The standard InChI is InChI=1S/C11H16F3NO/c12-11(13,14)8-2-5-10(6-3-8)4-1-7-15-9(10)16/h8H,1-7H2,(H,15,16). The summed E-state index contributed by atoms with van der Waals surface area (Å²) in [6.07, 6.45) is -1.45. The molecule has 1 saturated carbocycles. The molecule has 0 aromatic heterocycles. The number of alkyl halides is 3. The summed E-state index contributed by atoms with van der Waals surface area (Å²) in [6.45, 7) is 0.670. The van der Waals surface area contributed by atoms with Crippen molar-refractivity contribution < 1.29 is 18.0 Å². The quantitative estimate of drug-likeness (QED) is 0.687. The summed E-state index contributed by atoms with van der Waals surface area (Å²) in [5.74, 6) is -1.23. The molecule has 2 rings (SSSR count). The molecule has 0 bridgehead atoms. The first-order valence-electron chi connectivity index (χ1n) is 5.79. The van der Waals surface area contributed by atoms with Crippen molar-refractivity contribution in [3.8, 4) is 0 Å². The maximum atomic E-state index is 12.5. The number of hydrogen-bond acceptors (Lipinski definition) is 1. The number of halogens is 3. The summed E-state index contributed by atoms with van der Waals surface area (Å²) in [6, 6.07) is 0. The highest BCUT2D eigenvalue weighted by Crippen LogP contribution is 2.48. The van der Waals surface area contributed by atoms with Gasteiger partial charge in [-0.15, -0.1) is 0 Å². The van der Waals surface area contributed by atoms with Crippen LogP contribution < -0.4 is 5.32 Å². The predicted octanol–water partition coefficient (Wildman–Crippen LogP) is 2.64. The number of carbonyl (C=O) groups is 1. The van der Waals surface area contributed by atoms with E-state index in [1.165, 1.54) is 0 Å². The molecule has 1 aliphatic carbocycles. The Kier molecular flexibility index (Phi) is 2.88. The predicted molar refractivity (Wildman–Crippen MR) is 52.7 cm³/mol. The van der Waals surface area contributed by atoms with Crippen LogP contribution in [0.2, 0.25) is 0 Å². The molecule has 0 aromatic rings. The monoisotopic (exact) mass is 235 g/mol. The number of rotatable bonds is 0. The lowest BCUT2D eigenvalue weighted by Gasteiger charge is -2.41. The van der Waals surface area contributed by atoms with Gasteiger partial charge in [0.2, 0.25) is 5.91 Å². The SMILES string of the molecule is O=C1NCCCC12CCC(C(F)(F)F)CC2. The van der Waals surface area contributed by atoms with Crippen LogP contribution in [0.25, 0.3) is 0 Å². The maximum Gasteiger partial charge on any atom is 0.391 e. The summed E-state index contributed by atoms with van der Waals surface area (Å²) in [7, 11) is 0. The smallest absolute Gasteiger partial charge is 0.356 e. The van der Waals surface area contributed by atoms with Crippen LogP contribution in [0.1, 0.15) is 38.5 Å². The fourth-order valence-electron chi connectivity index (χ4n) is 2.90. The van der Waals surface area contributed by atoms with Gasteiger partial charge in [0.25, 0.3) is 0 Å². The van der Waals surface area contributed by atoms with Gasteiger partial charge in [0.1, 0.15) is 0 Å². The molecule has 1 N–H and O–H groups in total. The summed E-state index contributed by atoms with van der Waals surface area (Å²) in [5, 5.41) is 2.78. The van der Waals surface area contributed by atoms with Crippen LogP contribution in [0, 0.1) is 11.3 Å². The van der Waals surface area contributed by atoms with Crippen molar-refractivity contribution in [3.63, 3.8) is 0 Å². The first-order chi connectivity index (χ1) is 7.44. The Bertz CT molecular complexity index is 279. The van der Waals surface area contributed by atoms with Crippen molar-refractivity contribution in [1.82, 2.24) is 5.32 Å². The Morgan fingerprint density at radius 2 is 1.81 bits per heavy atom. The Labute approximate surface area is 92.6 Å². The topological polar surface area (TPSA) is 29.1 Å². The Morgan fingerprint density at radius 3 is 2.31 bits per heavy atom. The van der Waals surface area contributed by atoms with E-state index >= 15 is 0 Å². The van der Waals surface area contributed by atoms with Gasteiger partial charge in [0.15, 0.2) is 0 Å². The van der Waals surface area contributed by atoms with Crippen LogP contribution in [0.15, 0.2) is 0 Å². The van der Waals surface area contributed by atoms with E-state index < -0.39 is 17.5 Å². The van der Waals surface area contributed by atoms with Gasteiger partial charge in [-0.25, -0.2) is 0 Å². The van der Waals surface area contributed by atoms with Gasteiger partial charge in [-0.1, -0.05) is 0 Å². The highest BCUT2D eigenvalue weighted by atomic mass is 19.4. The second kappa shape index (κ2) is 3.93. The van der Waals surface area contributed by atoms with E-state index in [0.717, 1.165) is 12.8 Å². The van der Waals surface area contributed by atoms with Crippen LogP contribution in [0.3, 0.4) is 0 Å². The fraction of sp³-hybridized carbons (Fsp3) is 0.909. The molecule has 1 spiro atoms. The lowest BCUT2D eigenvalue weighted by atomic mass is 9.66. The van der Waals surface area contributed by atoms with Crippen LogP contribution in [-0.2, 0) is 4.79 Å². The van der Waals surface area contributed by atoms with Gasteiger partial charge in [0.05, 0.1) is 5.92 Å². The van der Waals surface area contributed by atoms with Gasteiger partial charge >= 0.3 is 6.18 Å². The first kappa shape index (κ1) is 11.7. The molecule has 1 amide bonds. The minimum Gasteiger partial charge on any atom is -0.356 e. The van der Waals surface area contributed by atoms with E-state index in [4.69, 9.17) is 0 Å². The lowest BCUT2D eigenvalue weighted by Crippen LogP contribution is -2.48. The normalized spacial score (nSPS) is 36.2. The van der Waals surface area contributed by atoms with Crippen molar-refractivity contribution in [2.24, 2.45) is 11.3 Å². The molecule has 1 heterocycles. The largest absolute Gasteiger partial charge is 0.391 e. The molecule has 2 aliphatic rings. The van der Waals surface area contributed by atoms with Crippen LogP contribution in [-0.4, -0.2) is 18.6 Å². The number of amides is 1. The third kappa shape index (κ3) is 2.04. The summed E-state index contributed by atoms with van der Waals surface area (Å²) in [5.41, 5.74) is -0.486. The average Bonchev–Trinajstić information content (AvgIpc) is 2.22. The van der Waals surface area contributed by atoms with Crippen molar-refractivity contribution in [1.29, 1.82) is 0 Å². The van der Waals surface area contributed by atoms with Gasteiger partial charge < -0.3 is 5.32 Å². The van der Waals surface area contributed by atoms with Crippen molar-refractivity contribution in [2.75, 3.05) is 6.54 Å². The third-order valence-electron chi connectivity index (χ3n) is 4.00. The molecule has 16 heavy (non-hydrogen) atoms. The van der Waals surface area contributed by atoms with E-state index in [1.807, 2.05) is 0 Å². The molecule has 0 atom stereocenters. The third-order valence-corrected chi connectivity index (χ3v) is 4.00. The zero-order valence-corrected chi connectivity index (χ0v) is 9.07. The summed E-state index contributed by atoms with van der Waals surface area (Å²) in [4.78, 5) is 11.7. The van der Waals surface area contributed by atoms with Gasteiger partial charge in [-0.2, -0.15) is 13.2 Å². The zero-order chi connectivity index (χ0) is 11.8. The number of piperidine rings is 1. The number of nitrogens with one attached hydrogen (secondary N) is 1. The van der Waals surface area contributed by atoms with E-state index in [2.05, 4.69) is 5.32 Å². The second-order valence-electron chi connectivity index (χ2n) is 4.96. The molecule has 92 valence electrons. The molecule has 5 heteroatoms. The highest BCUT2D eigenvalue weighted by Gasteiger charge is 2.49. The molecular formula is C11H16F3NO. The van der Waals surface area contributed by atoms with Crippen molar-refractivity contribution >= 4 is 5.91 Å². The fourth-order valence-corrected chi connectivity index (χ4v) is 2.90. The highest BCUT2D eigenvalue weighted by molar-refractivity contribution is 5.83. The summed E-state index contributed by atoms with van der Waals surface area (Å²) < 4.78 is 37.5. The van der Waals surface area contributed by atoms with Crippen molar-refractivity contribution in [3.05, 3.63) is 0 Å². The zero-order valence-electron chi connectivity index (χ0n) is 9.07. The van der Waals surface area contributed by atoms with Gasteiger partial charge in [-0.05, 0) is 38.5 Å². The number of hydrogen-bond donors (Lipinski definition) is 1. The second-order valence-corrected chi connectivity index (χ2v) is 4.96. The molecule has 1 saturated heterocycles. The Hall–Kier alpha value is -0.740. The molecule has 0 radical (unpaired) electrons. The molecule has 2 fully saturated rings. The minimum atomic E-state index is -4.09. The molecule has 1 aliphatic heterocycles. The molecule has 0 unspecified atom stereocenters. The van der Waals surface area contributed by atoms with E-state index in [1.54, 1.807) is 0 Å². The first-order valence-corrected chi connectivity index (χ1v) is 5.79. The molecule has 0 aromatic carbocycles. The van der Waals surface area contributed by atoms with Gasteiger partial charge in [-0.3, -0.25) is 4.79 Å². The van der Waals surface area contributed by atoms with Gasteiger partial charge in [0, 0.05) is 12.0 Å². The Balaban J connectivity index is 2.00. The molecule has 2 nitrogen and oxygen atoms in total. The van der Waals surface area contributed by atoms with Crippen LogP contribution in [0.4, 0.5) is 13.2 Å². The van der Waals surface area contributed by atoms with E-state index in [0.29, 0.717) is 19.4 Å². The Morgan fingerprint density at radius 1 is 1.19 bits per heavy atom. The maximum absolute atomic E-state index is 12.5.